The molecule has 0 radical (unpaired) electrons. The second-order valence-corrected chi connectivity index (χ2v) is 6.54. The van der Waals surface area contributed by atoms with E-state index >= 15 is 0 Å². The second kappa shape index (κ2) is 6.80. The largest absolute Gasteiger partial charge is 0.339 e. The molecule has 0 bridgehead atoms. The molecule has 126 valence electrons. The van der Waals surface area contributed by atoms with Crippen molar-refractivity contribution in [3.63, 3.8) is 0 Å². The summed E-state index contributed by atoms with van der Waals surface area (Å²) in [6, 6.07) is 26.1. The molecule has 26 heavy (non-hydrogen) atoms. The maximum Gasteiger partial charge on any atom is 0.223 e. The van der Waals surface area contributed by atoms with Crippen LogP contribution in [0.5, 0.6) is 0 Å². The van der Waals surface area contributed by atoms with Gasteiger partial charge in [0.1, 0.15) is 6.10 Å². The Hall–Kier alpha value is -2.86. The first-order valence-electron chi connectivity index (χ1n) is 8.30. The third-order valence-corrected chi connectivity index (χ3v) is 4.54. The number of hydrogen-bond donors (Lipinski definition) is 0. The highest BCUT2D eigenvalue weighted by Gasteiger charge is 2.62. The van der Waals surface area contributed by atoms with E-state index < -0.39 is 5.60 Å². The van der Waals surface area contributed by atoms with E-state index in [2.05, 4.69) is 11.8 Å². The van der Waals surface area contributed by atoms with Gasteiger partial charge in [-0.05, 0) is 29.8 Å². The van der Waals surface area contributed by atoms with Crippen molar-refractivity contribution >= 4 is 17.4 Å². The number of carbonyl (C=O) groups excluding carboxylic acids is 1. The van der Waals surface area contributed by atoms with Crippen LogP contribution in [0.2, 0.25) is 5.02 Å². The SMILES string of the molecule is O=C(c1cccc(Cl)c1)[C@@]1(C#Cc2ccccc2)OC1c1ccccc1. The molecule has 2 nitrogen and oxygen atoms in total. The summed E-state index contributed by atoms with van der Waals surface area (Å²) in [5, 5.41) is 0.513. The summed E-state index contributed by atoms with van der Waals surface area (Å²) in [5.74, 6) is 6.00. The molecule has 4 rings (SSSR count). The van der Waals surface area contributed by atoms with E-state index in [1.165, 1.54) is 0 Å². The van der Waals surface area contributed by atoms with Crippen LogP contribution in [-0.4, -0.2) is 11.4 Å². The Morgan fingerprint density at radius 2 is 1.62 bits per heavy atom. The van der Waals surface area contributed by atoms with Gasteiger partial charge < -0.3 is 4.74 Å². The standard InChI is InChI=1S/C23H15ClO2/c24-20-13-7-12-19(16-20)21(25)23(15-14-17-8-3-1-4-9-17)22(26-23)18-10-5-2-6-11-18/h1-13,16,22H/t22?,23-/m1/s1. The fourth-order valence-corrected chi connectivity index (χ4v) is 3.13. The molecule has 1 fully saturated rings. The van der Waals surface area contributed by atoms with E-state index in [4.69, 9.17) is 16.3 Å². The molecular formula is C23H15ClO2. The Kier molecular flexibility index (Phi) is 4.34. The zero-order valence-corrected chi connectivity index (χ0v) is 14.6. The van der Waals surface area contributed by atoms with Crippen molar-refractivity contribution < 1.29 is 9.53 Å². The number of hydrogen-bond acceptors (Lipinski definition) is 2. The number of epoxide rings is 1. The van der Waals surface area contributed by atoms with Gasteiger partial charge in [0.05, 0.1) is 0 Å². The van der Waals surface area contributed by atoms with Crippen LogP contribution >= 0.6 is 11.6 Å². The summed E-state index contributed by atoms with van der Waals surface area (Å²) in [6.07, 6.45) is -0.383. The van der Waals surface area contributed by atoms with E-state index in [1.807, 2.05) is 60.7 Å². The average molecular weight is 359 g/mol. The number of ketones is 1. The molecule has 0 saturated carbocycles. The summed E-state index contributed by atoms with van der Waals surface area (Å²) in [5.41, 5.74) is 1.10. The normalized spacial score (nSPS) is 20.7. The molecule has 0 aliphatic carbocycles. The number of benzene rings is 3. The van der Waals surface area contributed by atoms with Crippen molar-refractivity contribution in [2.24, 2.45) is 0 Å². The van der Waals surface area contributed by atoms with Gasteiger partial charge in [-0.15, -0.1) is 0 Å². The molecule has 3 aromatic carbocycles. The van der Waals surface area contributed by atoms with Gasteiger partial charge in [-0.3, -0.25) is 4.79 Å². The lowest BCUT2D eigenvalue weighted by Gasteiger charge is -2.06. The summed E-state index contributed by atoms with van der Waals surface area (Å²) in [4.78, 5) is 13.2. The zero-order valence-electron chi connectivity index (χ0n) is 13.9. The molecule has 1 saturated heterocycles. The lowest BCUT2D eigenvalue weighted by Crippen LogP contribution is -2.24. The average Bonchev–Trinajstić information content (AvgIpc) is 3.43. The van der Waals surface area contributed by atoms with Gasteiger partial charge in [0, 0.05) is 16.1 Å². The van der Waals surface area contributed by atoms with E-state index in [9.17, 15) is 4.79 Å². The predicted molar refractivity (Wildman–Crippen MR) is 102 cm³/mol. The van der Waals surface area contributed by atoms with Gasteiger partial charge in [0.2, 0.25) is 11.4 Å². The lowest BCUT2D eigenvalue weighted by atomic mass is 9.91. The molecule has 3 aromatic rings. The molecule has 0 spiro atoms. The topological polar surface area (TPSA) is 29.6 Å². The van der Waals surface area contributed by atoms with Crippen molar-refractivity contribution in [3.05, 3.63) is 107 Å². The van der Waals surface area contributed by atoms with Crippen LogP contribution in [-0.2, 0) is 4.74 Å². The minimum atomic E-state index is -1.18. The molecule has 0 aromatic heterocycles. The first kappa shape index (κ1) is 16.6. The number of ether oxygens (including phenoxy) is 1. The van der Waals surface area contributed by atoms with Crippen LogP contribution in [0.1, 0.15) is 27.6 Å². The van der Waals surface area contributed by atoms with Crippen LogP contribution in [0.25, 0.3) is 0 Å². The fourth-order valence-electron chi connectivity index (χ4n) is 2.94. The van der Waals surface area contributed by atoms with Crippen molar-refractivity contribution in [2.45, 2.75) is 11.7 Å². The molecule has 0 amide bonds. The molecule has 0 N–H and O–H groups in total. The van der Waals surface area contributed by atoms with Crippen molar-refractivity contribution in [2.75, 3.05) is 0 Å². The van der Waals surface area contributed by atoms with E-state index in [-0.39, 0.29) is 11.9 Å². The highest BCUT2D eigenvalue weighted by Crippen LogP contribution is 2.51. The van der Waals surface area contributed by atoms with Crippen LogP contribution in [0, 0.1) is 11.8 Å². The Bertz CT molecular complexity index is 1000. The van der Waals surface area contributed by atoms with E-state index in [0.29, 0.717) is 10.6 Å². The molecule has 2 atom stereocenters. The quantitative estimate of drug-likeness (QED) is 0.371. The maximum atomic E-state index is 13.2. The van der Waals surface area contributed by atoms with Crippen molar-refractivity contribution in [1.82, 2.24) is 0 Å². The van der Waals surface area contributed by atoms with Gasteiger partial charge >= 0.3 is 0 Å². The Morgan fingerprint density at radius 3 is 2.31 bits per heavy atom. The summed E-state index contributed by atoms with van der Waals surface area (Å²) >= 11 is 6.06. The highest BCUT2D eigenvalue weighted by molar-refractivity contribution is 6.31. The summed E-state index contributed by atoms with van der Waals surface area (Å²) in [7, 11) is 0. The third-order valence-electron chi connectivity index (χ3n) is 4.31. The number of rotatable bonds is 3. The zero-order chi connectivity index (χ0) is 18.0. The molecule has 3 heteroatoms. The summed E-state index contributed by atoms with van der Waals surface area (Å²) < 4.78 is 5.90. The minimum Gasteiger partial charge on any atom is -0.339 e. The van der Waals surface area contributed by atoms with Gasteiger partial charge in [0.25, 0.3) is 0 Å². The number of Topliss-reactive ketones (excluding diaryl/α,β-unsaturated/α-hetero) is 1. The number of halogens is 1. The third kappa shape index (κ3) is 3.15. The van der Waals surface area contributed by atoms with E-state index in [1.54, 1.807) is 24.3 Å². The van der Waals surface area contributed by atoms with Gasteiger partial charge in [-0.1, -0.05) is 84.1 Å². The van der Waals surface area contributed by atoms with Gasteiger partial charge in [-0.2, -0.15) is 0 Å². The Balaban J connectivity index is 1.74. The van der Waals surface area contributed by atoms with Gasteiger partial charge in [-0.25, -0.2) is 0 Å². The van der Waals surface area contributed by atoms with Crippen LogP contribution in [0.3, 0.4) is 0 Å². The fraction of sp³-hybridized carbons (Fsp3) is 0.0870. The first-order valence-corrected chi connectivity index (χ1v) is 8.68. The Labute approximate surface area is 157 Å². The molecule has 1 aliphatic rings. The Morgan fingerprint density at radius 1 is 0.923 bits per heavy atom. The summed E-state index contributed by atoms with van der Waals surface area (Å²) in [6.45, 7) is 0. The van der Waals surface area contributed by atoms with E-state index in [0.717, 1.165) is 11.1 Å². The van der Waals surface area contributed by atoms with Crippen LogP contribution in [0.4, 0.5) is 0 Å². The maximum absolute atomic E-state index is 13.2. The van der Waals surface area contributed by atoms with Crippen molar-refractivity contribution in [3.8, 4) is 11.8 Å². The molecular weight excluding hydrogens is 344 g/mol. The highest BCUT2D eigenvalue weighted by atomic mass is 35.5. The predicted octanol–water partition coefficient (Wildman–Crippen LogP) is 5.08. The second-order valence-electron chi connectivity index (χ2n) is 6.10. The van der Waals surface area contributed by atoms with Crippen molar-refractivity contribution in [1.29, 1.82) is 0 Å². The van der Waals surface area contributed by atoms with Crippen LogP contribution < -0.4 is 0 Å². The number of carbonyl (C=O) groups is 1. The van der Waals surface area contributed by atoms with Crippen LogP contribution in [0.15, 0.2) is 84.9 Å². The molecule has 1 unspecified atom stereocenters. The minimum absolute atomic E-state index is 0.169. The lowest BCUT2D eigenvalue weighted by molar-refractivity contribution is 0.0916. The van der Waals surface area contributed by atoms with Gasteiger partial charge in [0.15, 0.2) is 0 Å². The first-order chi connectivity index (χ1) is 12.7. The molecule has 1 aliphatic heterocycles. The molecule has 1 heterocycles. The monoisotopic (exact) mass is 358 g/mol. The smallest absolute Gasteiger partial charge is 0.223 e.